The standard InChI is InChI=1S/C18H34BS/c1-3-7-16-9-6-4-5-8-15(10-11-18(16)20)17-13-19-12-14(17)2/h14-18,20H,3-13H2,1-2H3. The molecule has 2 rings (SSSR count). The molecular weight excluding hydrogens is 259 g/mol. The number of thiol groups is 1. The molecule has 0 amide bonds. The first kappa shape index (κ1) is 16.8. The SMILES string of the molecule is CCCC1CCCCCC(C2C[B]CC2C)CCC1S. The molecule has 2 fully saturated rings. The normalized spacial score (nSPS) is 40.2. The largest absolute Gasteiger partial charge is 0.176 e. The Morgan fingerprint density at radius 1 is 1.00 bits per heavy atom. The van der Waals surface area contributed by atoms with E-state index in [1.54, 1.807) is 0 Å². The first-order chi connectivity index (χ1) is 9.72. The van der Waals surface area contributed by atoms with Crippen molar-refractivity contribution in [3.63, 3.8) is 0 Å². The maximum atomic E-state index is 4.99. The average Bonchev–Trinajstić information content (AvgIpc) is 2.86. The molecule has 0 spiro atoms. The second kappa shape index (κ2) is 8.76. The molecule has 2 aliphatic rings. The minimum Gasteiger partial charge on any atom is -0.176 e. The van der Waals surface area contributed by atoms with E-state index in [0.29, 0.717) is 5.25 Å². The molecule has 5 unspecified atom stereocenters. The van der Waals surface area contributed by atoms with Crippen LogP contribution in [-0.4, -0.2) is 12.5 Å². The van der Waals surface area contributed by atoms with Gasteiger partial charge in [-0.2, -0.15) is 12.6 Å². The van der Waals surface area contributed by atoms with E-state index in [4.69, 9.17) is 12.6 Å². The van der Waals surface area contributed by atoms with Crippen molar-refractivity contribution in [2.45, 2.75) is 89.5 Å². The summed E-state index contributed by atoms with van der Waals surface area (Å²) < 4.78 is 0. The van der Waals surface area contributed by atoms with Crippen molar-refractivity contribution >= 4 is 19.9 Å². The summed E-state index contributed by atoms with van der Waals surface area (Å²) in [6, 6.07) is 0. The van der Waals surface area contributed by atoms with Crippen LogP contribution in [0.15, 0.2) is 0 Å². The highest BCUT2D eigenvalue weighted by Crippen LogP contribution is 2.40. The lowest BCUT2D eigenvalue weighted by Gasteiger charge is -2.31. The smallest absolute Gasteiger partial charge is 0.110 e. The van der Waals surface area contributed by atoms with Crippen molar-refractivity contribution in [2.24, 2.45) is 23.7 Å². The highest BCUT2D eigenvalue weighted by molar-refractivity contribution is 7.81. The molecule has 2 heteroatoms. The first-order valence-electron chi connectivity index (χ1n) is 9.22. The molecule has 0 aromatic carbocycles. The van der Waals surface area contributed by atoms with Crippen LogP contribution in [0.25, 0.3) is 0 Å². The third kappa shape index (κ3) is 4.72. The van der Waals surface area contributed by atoms with Crippen LogP contribution in [0.2, 0.25) is 12.6 Å². The van der Waals surface area contributed by atoms with Crippen molar-refractivity contribution in [3.8, 4) is 0 Å². The van der Waals surface area contributed by atoms with Gasteiger partial charge in [0.2, 0.25) is 0 Å². The molecule has 0 N–H and O–H groups in total. The summed E-state index contributed by atoms with van der Waals surface area (Å²) in [6.07, 6.45) is 15.6. The zero-order valence-corrected chi connectivity index (χ0v) is 14.6. The predicted molar refractivity (Wildman–Crippen MR) is 95.0 cm³/mol. The summed E-state index contributed by atoms with van der Waals surface area (Å²) in [6.45, 7) is 4.81. The lowest BCUT2D eigenvalue weighted by molar-refractivity contribution is 0.235. The van der Waals surface area contributed by atoms with Crippen LogP contribution >= 0.6 is 12.6 Å². The summed E-state index contributed by atoms with van der Waals surface area (Å²) >= 11 is 4.99. The minimum absolute atomic E-state index is 0.663. The number of hydrogen-bond donors (Lipinski definition) is 1. The van der Waals surface area contributed by atoms with Gasteiger partial charge in [0.1, 0.15) is 7.28 Å². The van der Waals surface area contributed by atoms with Gasteiger partial charge in [-0.3, -0.25) is 0 Å². The van der Waals surface area contributed by atoms with E-state index in [-0.39, 0.29) is 0 Å². The van der Waals surface area contributed by atoms with Crippen LogP contribution in [0, 0.1) is 23.7 Å². The fraction of sp³-hybridized carbons (Fsp3) is 1.00. The van der Waals surface area contributed by atoms with Crippen LogP contribution < -0.4 is 0 Å². The second-order valence-corrected chi connectivity index (χ2v) is 8.16. The Kier molecular flexibility index (Phi) is 7.35. The monoisotopic (exact) mass is 293 g/mol. The van der Waals surface area contributed by atoms with Crippen molar-refractivity contribution in [1.29, 1.82) is 0 Å². The molecule has 115 valence electrons. The zero-order chi connectivity index (χ0) is 14.4. The summed E-state index contributed by atoms with van der Waals surface area (Å²) in [5, 5.41) is 0.663. The van der Waals surface area contributed by atoms with Gasteiger partial charge in [0.05, 0.1) is 0 Å². The zero-order valence-electron chi connectivity index (χ0n) is 13.7. The van der Waals surface area contributed by atoms with Crippen molar-refractivity contribution in [2.75, 3.05) is 0 Å². The second-order valence-electron chi connectivity index (χ2n) is 7.49. The fourth-order valence-electron chi connectivity index (χ4n) is 4.70. The average molecular weight is 293 g/mol. The molecular formula is C18H34BS. The molecule has 1 saturated heterocycles. The molecule has 1 aliphatic carbocycles. The highest BCUT2D eigenvalue weighted by Gasteiger charge is 2.31. The topological polar surface area (TPSA) is 0 Å². The molecule has 0 nitrogen and oxygen atoms in total. The Bertz CT molecular complexity index is 268. The summed E-state index contributed by atoms with van der Waals surface area (Å²) in [4.78, 5) is 0. The Hall–Kier alpha value is 0.415. The van der Waals surface area contributed by atoms with Gasteiger partial charge in [-0.05, 0) is 49.4 Å². The Morgan fingerprint density at radius 3 is 2.50 bits per heavy atom. The third-order valence-corrected chi connectivity index (χ3v) is 6.68. The van der Waals surface area contributed by atoms with Crippen LogP contribution in [0.3, 0.4) is 0 Å². The summed E-state index contributed by atoms with van der Waals surface area (Å²) in [7, 11) is 2.55. The van der Waals surface area contributed by atoms with E-state index in [9.17, 15) is 0 Å². The number of rotatable bonds is 3. The molecule has 1 heterocycles. The molecule has 1 radical (unpaired) electrons. The lowest BCUT2D eigenvalue weighted by Crippen LogP contribution is -2.22. The van der Waals surface area contributed by atoms with Crippen LogP contribution in [-0.2, 0) is 0 Å². The Labute approximate surface area is 133 Å². The molecule has 0 aromatic heterocycles. The first-order valence-corrected chi connectivity index (χ1v) is 9.73. The van der Waals surface area contributed by atoms with Crippen LogP contribution in [0.5, 0.6) is 0 Å². The van der Waals surface area contributed by atoms with Gasteiger partial charge in [0.25, 0.3) is 0 Å². The van der Waals surface area contributed by atoms with E-state index >= 15 is 0 Å². The maximum absolute atomic E-state index is 4.99. The summed E-state index contributed by atoms with van der Waals surface area (Å²) in [5.74, 6) is 3.79. The number of hydrogen-bond acceptors (Lipinski definition) is 1. The fourth-order valence-corrected chi connectivity index (χ4v) is 5.15. The quantitative estimate of drug-likeness (QED) is 0.488. The lowest BCUT2D eigenvalue weighted by atomic mass is 9.72. The van der Waals surface area contributed by atoms with Gasteiger partial charge in [0.15, 0.2) is 0 Å². The van der Waals surface area contributed by atoms with E-state index in [2.05, 4.69) is 21.1 Å². The molecule has 1 saturated carbocycles. The highest BCUT2D eigenvalue weighted by atomic mass is 32.1. The van der Waals surface area contributed by atoms with Gasteiger partial charge in [-0.25, -0.2) is 0 Å². The van der Waals surface area contributed by atoms with Crippen molar-refractivity contribution in [1.82, 2.24) is 0 Å². The third-order valence-electron chi connectivity index (χ3n) is 6.00. The van der Waals surface area contributed by atoms with Crippen LogP contribution in [0.4, 0.5) is 0 Å². The maximum Gasteiger partial charge on any atom is 0.110 e. The molecule has 20 heavy (non-hydrogen) atoms. The predicted octanol–water partition coefficient (Wildman–Crippen LogP) is 5.87. The molecule has 5 atom stereocenters. The minimum atomic E-state index is 0.663. The van der Waals surface area contributed by atoms with E-state index < -0.39 is 0 Å². The summed E-state index contributed by atoms with van der Waals surface area (Å²) in [5.41, 5.74) is 0. The molecule has 0 aromatic rings. The Balaban J connectivity index is 1.91. The van der Waals surface area contributed by atoms with Gasteiger partial charge < -0.3 is 0 Å². The van der Waals surface area contributed by atoms with E-state index in [1.807, 2.05) is 0 Å². The Morgan fingerprint density at radius 2 is 1.80 bits per heavy atom. The van der Waals surface area contributed by atoms with Gasteiger partial charge >= 0.3 is 0 Å². The van der Waals surface area contributed by atoms with Gasteiger partial charge in [-0.1, -0.05) is 58.6 Å². The van der Waals surface area contributed by atoms with Crippen molar-refractivity contribution in [3.05, 3.63) is 0 Å². The molecule has 0 bridgehead atoms. The van der Waals surface area contributed by atoms with E-state index in [0.717, 1.165) is 23.7 Å². The molecule has 1 aliphatic heterocycles. The van der Waals surface area contributed by atoms with Crippen LogP contribution in [0.1, 0.15) is 71.6 Å². The van der Waals surface area contributed by atoms with Gasteiger partial charge in [-0.15, -0.1) is 0 Å². The van der Waals surface area contributed by atoms with Crippen molar-refractivity contribution < 1.29 is 0 Å². The van der Waals surface area contributed by atoms with Gasteiger partial charge in [0, 0.05) is 5.25 Å². The van der Waals surface area contributed by atoms with E-state index in [1.165, 1.54) is 70.4 Å².